The van der Waals surface area contributed by atoms with Gasteiger partial charge < -0.3 is 10.1 Å². The van der Waals surface area contributed by atoms with Crippen LogP contribution in [0, 0.1) is 0 Å². The number of rotatable bonds is 6. The lowest BCUT2D eigenvalue weighted by molar-refractivity contribution is 0.0933. The van der Waals surface area contributed by atoms with Crippen LogP contribution in [0.2, 0.25) is 5.02 Å². The van der Waals surface area contributed by atoms with Gasteiger partial charge in [-0.05, 0) is 61.8 Å². The molecule has 28 heavy (non-hydrogen) atoms. The molecule has 1 amide bonds. The Hall–Kier alpha value is -1.75. The molecule has 4 nitrogen and oxygen atoms in total. The van der Waals surface area contributed by atoms with Gasteiger partial charge in [-0.2, -0.15) is 0 Å². The van der Waals surface area contributed by atoms with Gasteiger partial charge in [-0.3, -0.25) is 9.69 Å². The van der Waals surface area contributed by atoms with E-state index in [1.165, 1.54) is 25.7 Å². The molecule has 0 saturated carbocycles. The van der Waals surface area contributed by atoms with Gasteiger partial charge in [0.1, 0.15) is 5.75 Å². The third-order valence-electron chi connectivity index (χ3n) is 5.15. The maximum Gasteiger partial charge on any atom is 0.251 e. The fraction of sp³-hybridized carbons (Fsp3) is 0.409. The summed E-state index contributed by atoms with van der Waals surface area (Å²) in [4.78, 5) is 15.1. The van der Waals surface area contributed by atoms with Crippen molar-refractivity contribution < 1.29 is 9.53 Å². The van der Waals surface area contributed by atoms with E-state index < -0.39 is 0 Å². The number of halogens is 2. The summed E-state index contributed by atoms with van der Waals surface area (Å²) in [5, 5.41) is 3.85. The molecule has 1 aliphatic heterocycles. The number of methoxy groups -OCH3 is 1. The van der Waals surface area contributed by atoms with Crippen molar-refractivity contribution in [3.05, 3.63) is 64.7 Å². The van der Waals surface area contributed by atoms with Crippen LogP contribution in [0.25, 0.3) is 0 Å². The standard InChI is InChI=1S/C22H27ClN2O2.ClH/c1-27-18-12-10-17(11-13-18)22(26)24-16-21(19-8-4-5-9-20(19)23)25-14-6-2-3-7-15-25;/h4-5,8-13,21H,2-3,6-7,14-16H2,1H3,(H,24,26);1H. The Morgan fingerprint density at radius 2 is 1.71 bits per heavy atom. The van der Waals surface area contributed by atoms with Gasteiger partial charge in [-0.1, -0.05) is 42.6 Å². The van der Waals surface area contributed by atoms with E-state index >= 15 is 0 Å². The summed E-state index contributed by atoms with van der Waals surface area (Å²) in [6, 6.07) is 15.2. The van der Waals surface area contributed by atoms with Gasteiger partial charge in [0.15, 0.2) is 0 Å². The van der Waals surface area contributed by atoms with Gasteiger partial charge >= 0.3 is 0 Å². The fourth-order valence-electron chi connectivity index (χ4n) is 3.62. The van der Waals surface area contributed by atoms with Crippen molar-refractivity contribution in [1.29, 1.82) is 0 Å². The highest BCUT2D eigenvalue weighted by Gasteiger charge is 2.24. The Labute approximate surface area is 178 Å². The number of nitrogens with one attached hydrogen (secondary N) is 1. The number of nitrogens with zero attached hydrogens (tertiary/aromatic N) is 1. The van der Waals surface area contributed by atoms with Crippen molar-refractivity contribution >= 4 is 29.9 Å². The highest BCUT2D eigenvalue weighted by Crippen LogP contribution is 2.29. The van der Waals surface area contributed by atoms with Crippen LogP contribution in [0.15, 0.2) is 48.5 Å². The highest BCUT2D eigenvalue weighted by atomic mass is 35.5. The van der Waals surface area contributed by atoms with Crippen molar-refractivity contribution in [2.45, 2.75) is 31.7 Å². The summed E-state index contributed by atoms with van der Waals surface area (Å²) >= 11 is 6.49. The number of benzene rings is 2. The summed E-state index contributed by atoms with van der Waals surface area (Å²) in [5.41, 5.74) is 1.71. The second-order valence-electron chi connectivity index (χ2n) is 6.93. The van der Waals surface area contributed by atoms with E-state index in [-0.39, 0.29) is 24.4 Å². The monoisotopic (exact) mass is 422 g/mol. The number of hydrogen-bond donors (Lipinski definition) is 1. The second kappa shape index (κ2) is 11.3. The molecule has 2 aromatic rings. The molecular weight excluding hydrogens is 395 g/mol. The molecule has 1 aliphatic rings. The SMILES string of the molecule is COc1ccc(C(=O)NCC(c2ccccc2Cl)N2CCCCCC2)cc1.Cl. The van der Waals surface area contributed by atoms with Crippen LogP contribution in [0.1, 0.15) is 47.6 Å². The van der Waals surface area contributed by atoms with Crippen molar-refractivity contribution in [3.8, 4) is 5.75 Å². The first-order valence-corrected chi connectivity index (χ1v) is 9.97. The summed E-state index contributed by atoms with van der Waals surface area (Å²) < 4.78 is 5.16. The molecule has 0 bridgehead atoms. The van der Waals surface area contributed by atoms with Crippen LogP contribution in [0.4, 0.5) is 0 Å². The Balaban J connectivity index is 0.00000280. The van der Waals surface area contributed by atoms with Crippen LogP contribution in [0.5, 0.6) is 5.75 Å². The number of hydrogen-bond acceptors (Lipinski definition) is 3. The number of carbonyl (C=O) groups is 1. The van der Waals surface area contributed by atoms with E-state index in [1.54, 1.807) is 31.4 Å². The number of likely N-dealkylation sites (tertiary alicyclic amines) is 1. The molecular formula is C22H28Cl2N2O2. The third-order valence-corrected chi connectivity index (χ3v) is 5.50. The minimum absolute atomic E-state index is 0. The Bertz CT molecular complexity index is 744. The molecule has 0 aromatic heterocycles. The molecule has 1 saturated heterocycles. The number of ether oxygens (including phenoxy) is 1. The maximum absolute atomic E-state index is 12.6. The van der Waals surface area contributed by atoms with Gasteiger partial charge in [0.05, 0.1) is 13.2 Å². The van der Waals surface area contributed by atoms with Gasteiger partial charge in [0, 0.05) is 17.1 Å². The first-order valence-electron chi connectivity index (χ1n) is 9.60. The quantitative estimate of drug-likeness (QED) is 0.702. The first-order chi connectivity index (χ1) is 13.2. The molecule has 3 rings (SSSR count). The number of amides is 1. The van der Waals surface area contributed by atoms with Crippen molar-refractivity contribution in [2.75, 3.05) is 26.7 Å². The first kappa shape index (κ1) is 22.5. The van der Waals surface area contributed by atoms with E-state index in [0.717, 1.165) is 29.4 Å². The van der Waals surface area contributed by atoms with Crippen molar-refractivity contribution in [3.63, 3.8) is 0 Å². The van der Waals surface area contributed by atoms with Gasteiger partial charge in [-0.25, -0.2) is 0 Å². The van der Waals surface area contributed by atoms with Crippen LogP contribution in [-0.2, 0) is 0 Å². The van der Waals surface area contributed by atoms with Crippen LogP contribution in [-0.4, -0.2) is 37.6 Å². The molecule has 1 unspecified atom stereocenters. The van der Waals surface area contributed by atoms with Gasteiger partial charge in [0.25, 0.3) is 5.91 Å². The Morgan fingerprint density at radius 3 is 2.32 bits per heavy atom. The summed E-state index contributed by atoms with van der Waals surface area (Å²) in [5.74, 6) is 0.662. The molecule has 0 spiro atoms. The second-order valence-corrected chi connectivity index (χ2v) is 7.33. The third kappa shape index (κ3) is 5.87. The Morgan fingerprint density at radius 1 is 1.07 bits per heavy atom. The van der Waals surface area contributed by atoms with Crippen LogP contribution < -0.4 is 10.1 Å². The Kier molecular flexibility index (Phi) is 9.10. The lowest BCUT2D eigenvalue weighted by atomic mass is 10.0. The molecule has 0 aliphatic carbocycles. The molecule has 1 atom stereocenters. The molecule has 1 heterocycles. The van der Waals surface area contributed by atoms with E-state index in [2.05, 4.69) is 16.3 Å². The van der Waals surface area contributed by atoms with E-state index in [9.17, 15) is 4.79 Å². The minimum atomic E-state index is -0.0791. The molecule has 1 N–H and O–H groups in total. The van der Waals surface area contributed by atoms with E-state index in [1.807, 2.05) is 18.2 Å². The molecule has 1 fully saturated rings. The zero-order chi connectivity index (χ0) is 19.1. The highest BCUT2D eigenvalue weighted by molar-refractivity contribution is 6.31. The molecule has 0 radical (unpaired) electrons. The normalized spacial score (nSPS) is 15.8. The zero-order valence-electron chi connectivity index (χ0n) is 16.2. The summed E-state index contributed by atoms with van der Waals surface area (Å²) in [6.07, 6.45) is 4.91. The van der Waals surface area contributed by atoms with Crippen LogP contribution >= 0.6 is 24.0 Å². The fourth-order valence-corrected chi connectivity index (χ4v) is 3.88. The largest absolute Gasteiger partial charge is 0.497 e. The molecule has 152 valence electrons. The number of carbonyl (C=O) groups excluding carboxylic acids is 1. The predicted octanol–water partition coefficient (Wildman–Crippen LogP) is 5.12. The summed E-state index contributed by atoms with van der Waals surface area (Å²) in [6.45, 7) is 2.61. The van der Waals surface area contributed by atoms with E-state index in [4.69, 9.17) is 16.3 Å². The van der Waals surface area contributed by atoms with Crippen LogP contribution in [0.3, 0.4) is 0 Å². The average molecular weight is 423 g/mol. The zero-order valence-corrected chi connectivity index (χ0v) is 17.8. The van der Waals surface area contributed by atoms with Gasteiger partial charge in [0.2, 0.25) is 0 Å². The predicted molar refractivity (Wildman–Crippen MR) is 117 cm³/mol. The molecule has 2 aromatic carbocycles. The maximum atomic E-state index is 12.6. The molecule has 6 heteroatoms. The van der Waals surface area contributed by atoms with Crippen molar-refractivity contribution in [2.24, 2.45) is 0 Å². The minimum Gasteiger partial charge on any atom is -0.497 e. The van der Waals surface area contributed by atoms with E-state index in [0.29, 0.717) is 12.1 Å². The summed E-state index contributed by atoms with van der Waals surface area (Å²) in [7, 11) is 1.62. The van der Waals surface area contributed by atoms with Gasteiger partial charge in [-0.15, -0.1) is 12.4 Å². The smallest absolute Gasteiger partial charge is 0.251 e. The topological polar surface area (TPSA) is 41.6 Å². The lowest BCUT2D eigenvalue weighted by Crippen LogP contribution is -2.38. The van der Waals surface area contributed by atoms with Crippen molar-refractivity contribution in [1.82, 2.24) is 10.2 Å². The lowest BCUT2D eigenvalue weighted by Gasteiger charge is -2.31. The average Bonchev–Trinajstić information content (AvgIpc) is 2.99.